The maximum Gasteiger partial charge on any atom is 0.228 e. The number of aryl methyl sites for hydroxylation is 1. The van der Waals surface area contributed by atoms with Gasteiger partial charge in [0.15, 0.2) is 0 Å². The highest BCUT2D eigenvalue weighted by atomic mass is 32.2. The number of carbonyl (C=O) groups excluding carboxylic acids is 1. The Morgan fingerprint density at radius 2 is 2.14 bits per heavy atom. The molecule has 0 saturated carbocycles. The first-order chi connectivity index (χ1) is 10.6. The van der Waals surface area contributed by atoms with Gasteiger partial charge in [-0.15, -0.1) is 11.8 Å². The zero-order chi connectivity index (χ0) is 16.0. The first-order valence-electron chi connectivity index (χ1n) is 7.73. The maximum absolute atomic E-state index is 12.7. The van der Waals surface area contributed by atoms with E-state index in [0.29, 0.717) is 13.2 Å². The summed E-state index contributed by atoms with van der Waals surface area (Å²) in [5.74, 6) is 0.114. The number of rotatable bonds is 6. The third-order valence-corrected chi connectivity index (χ3v) is 5.16. The van der Waals surface area contributed by atoms with Gasteiger partial charge < -0.3 is 15.4 Å². The van der Waals surface area contributed by atoms with Crippen molar-refractivity contribution in [3.63, 3.8) is 0 Å². The first kappa shape index (κ1) is 17.3. The Hall–Kier alpha value is -1.04. The molecule has 122 valence electrons. The monoisotopic (exact) mass is 322 g/mol. The van der Waals surface area contributed by atoms with Gasteiger partial charge in [-0.3, -0.25) is 4.79 Å². The Morgan fingerprint density at radius 1 is 1.41 bits per heavy atom. The molecule has 1 saturated heterocycles. The van der Waals surface area contributed by atoms with Gasteiger partial charge in [-0.1, -0.05) is 12.1 Å². The summed E-state index contributed by atoms with van der Waals surface area (Å²) in [4.78, 5) is 14.0. The Morgan fingerprint density at radius 3 is 2.77 bits per heavy atom. The van der Waals surface area contributed by atoms with Crippen LogP contribution in [-0.2, 0) is 16.1 Å². The molecular formula is C17H26N2O2S. The van der Waals surface area contributed by atoms with Crippen molar-refractivity contribution >= 4 is 17.7 Å². The molecule has 22 heavy (non-hydrogen) atoms. The molecule has 4 nitrogen and oxygen atoms in total. The summed E-state index contributed by atoms with van der Waals surface area (Å²) in [6.45, 7) is 4.90. The average Bonchev–Trinajstić information content (AvgIpc) is 2.54. The van der Waals surface area contributed by atoms with Crippen molar-refractivity contribution in [1.29, 1.82) is 0 Å². The molecule has 2 N–H and O–H groups in total. The van der Waals surface area contributed by atoms with Crippen molar-refractivity contribution in [3.8, 4) is 0 Å². The SMILES string of the molecule is COCC1(C(=O)NCc2ccc(C)cc2SC)CCNCC1. The summed E-state index contributed by atoms with van der Waals surface area (Å²) in [6.07, 6.45) is 3.73. The smallest absolute Gasteiger partial charge is 0.228 e. The lowest BCUT2D eigenvalue weighted by Gasteiger charge is -2.35. The van der Waals surface area contributed by atoms with E-state index in [1.165, 1.54) is 16.0 Å². The van der Waals surface area contributed by atoms with Gasteiger partial charge in [0.1, 0.15) is 0 Å². The molecule has 1 fully saturated rings. The van der Waals surface area contributed by atoms with E-state index in [9.17, 15) is 4.79 Å². The van der Waals surface area contributed by atoms with E-state index in [-0.39, 0.29) is 11.3 Å². The number of ether oxygens (including phenoxy) is 1. The normalized spacial score (nSPS) is 17.2. The van der Waals surface area contributed by atoms with Crippen LogP contribution in [0.1, 0.15) is 24.0 Å². The minimum absolute atomic E-state index is 0.114. The molecule has 0 unspecified atom stereocenters. The van der Waals surface area contributed by atoms with E-state index in [2.05, 4.69) is 42.0 Å². The average molecular weight is 322 g/mol. The second-order valence-corrected chi connectivity index (χ2v) is 6.81. The minimum Gasteiger partial charge on any atom is -0.384 e. The van der Waals surface area contributed by atoms with Crippen LogP contribution < -0.4 is 10.6 Å². The van der Waals surface area contributed by atoms with Crippen LogP contribution in [-0.4, -0.2) is 39.0 Å². The summed E-state index contributed by atoms with van der Waals surface area (Å²) in [7, 11) is 1.67. The number of hydrogen-bond donors (Lipinski definition) is 2. The fourth-order valence-electron chi connectivity index (χ4n) is 2.98. The summed E-state index contributed by atoms with van der Waals surface area (Å²) in [5.41, 5.74) is 2.03. The fourth-order valence-corrected chi connectivity index (χ4v) is 3.69. The van der Waals surface area contributed by atoms with Gasteiger partial charge in [0.05, 0.1) is 12.0 Å². The molecule has 0 aliphatic carbocycles. The number of hydrogen-bond acceptors (Lipinski definition) is 4. The predicted molar refractivity (Wildman–Crippen MR) is 91.2 cm³/mol. The highest BCUT2D eigenvalue weighted by molar-refractivity contribution is 7.98. The van der Waals surface area contributed by atoms with E-state index in [1.807, 2.05) is 0 Å². The van der Waals surface area contributed by atoms with Crippen molar-refractivity contribution in [1.82, 2.24) is 10.6 Å². The minimum atomic E-state index is -0.385. The van der Waals surface area contributed by atoms with Crippen molar-refractivity contribution in [3.05, 3.63) is 29.3 Å². The van der Waals surface area contributed by atoms with Crippen LogP contribution in [0.3, 0.4) is 0 Å². The largest absolute Gasteiger partial charge is 0.384 e. The van der Waals surface area contributed by atoms with Gasteiger partial charge in [-0.05, 0) is 56.3 Å². The van der Waals surface area contributed by atoms with Crippen LogP contribution in [0.15, 0.2) is 23.1 Å². The molecule has 0 bridgehead atoms. The van der Waals surface area contributed by atoms with Gasteiger partial charge in [-0.2, -0.15) is 0 Å². The van der Waals surface area contributed by atoms with E-state index in [1.54, 1.807) is 18.9 Å². The molecule has 1 aliphatic heterocycles. The number of benzene rings is 1. The Kier molecular flexibility index (Phi) is 6.29. The van der Waals surface area contributed by atoms with E-state index in [4.69, 9.17) is 4.74 Å². The lowest BCUT2D eigenvalue weighted by atomic mass is 9.78. The molecule has 1 aromatic carbocycles. The number of nitrogens with one attached hydrogen (secondary N) is 2. The number of thioether (sulfide) groups is 1. The fraction of sp³-hybridized carbons (Fsp3) is 0.588. The van der Waals surface area contributed by atoms with Gasteiger partial charge in [-0.25, -0.2) is 0 Å². The number of carbonyl (C=O) groups is 1. The Labute approximate surface area is 137 Å². The highest BCUT2D eigenvalue weighted by Crippen LogP contribution is 2.30. The second-order valence-electron chi connectivity index (χ2n) is 5.96. The summed E-state index contributed by atoms with van der Waals surface area (Å²) >= 11 is 1.72. The molecule has 5 heteroatoms. The molecular weight excluding hydrogens is 296 g/mol. The number of piperidine rings is 1. The number of amides is 1. The van der Waals surface area contributed by atoms with Gasteiger partial charge in [0.25, 0.3) is 0 Å². The molecule has 0 atom stereocenters. The van der Waals surface area contributed by atoms with Crippen molar-refractivity contribution in [2.75, 3.05) is 33.1 Å². The van der Waals surface area contributed by atoms with Crippen molar-refractivity contribution in [2.24, 2.45) is 5.41 Å². The number of methoxy groups -OCH3 is 1. The topological polar surface area (TPSA) is 50.4 Å². The van der Waals surface area contributed by atoms with Crippen LogP contribution in [0, 0.1) is 12.3 Å². The zero-order valence-corrected chi connectivity index (χ0v) is 14.5. The van der Waals surface area contributed by atoms with Crippen molar-refractivity contribution in [2.45, 2.75) is 31.2 Å². The summed E-state index contributed by atoms with van der Waals surface area (Å²) in [6, 6.07) is 6.37. The summed E-state index contributed by atoms with van der Waals surface area (Å²) < 4.78 is 5.33. The van der Waals surface area contributed by atoms with Crippen LogP contribution in [0.25, 0.3) is 0 Å². The third-order valence-electron chi connectivity index (χ3n) is 4.34. The summed E-state index contributed by atoms with van der Waals surface area (Å²) in [5, 5.41) is 6.44. The molecule has 1 aliphatic rings. The van der Waals surface area contributed by atoms with Crippen LogP contribution in [0.5, 0.6) is 0 Å². The standard InChI is InChI=1S/C17H26N2O2S/c1-13-4-5-14(15(10-13)22-3)11-19-16(20)17(12-21-2)6-8-18-9-7-17/h4-5,10,18H,6-9,11-12H2,1-3H3,(H,19,20). The third kappa shape index (κ3) is 4.03. The van der Waals surface area contributed by atoms with E-state index >= 15 is 0 Å². The molecule has 2 rings (SSSR count). The molecule has 0 aromatic heterocycles. The second kappa shape index (κ2) is 7.99. The van der Waals surface area contributed by atoms with Crippen LogP contribution in [0.4, 0.5) is 0 Å². The van der Waals surface area contributed by atoms with E-state index < -0.39 is 0 Å². The lowest BCUT2D eigenvalue weighted by Crippen LogP contribution is -2.50. The van der Waals surface area contributed by atoms with Crippen LogP contribution >= 0.6 is 11.8 Å². The molecule has 0 radical (unpaired) electrons. The van der Waals surface area contributed by atoms with Gasteiger partial charge in [0, 0.05) is 18.6 Å². The quantitative estimate of drug-likeness (QED) is 0.790. The molecule has 1 amide bonds. The van der Waals surface area contributed by atoms with Gasteiger partial charge >= 0.3 is 0 Å². The van der Waals surface area contributed by atoms with Crippen molar-refractivity contribution < 1.29 is 9.53 Å². The highest BCUT2D eigenvalue weighted by Gasteiger charge is 2.39. The van der Waals surface area contributed by atoms with Gasteiger partial charge in [0.2, 0.25) is 5.91 Å². The molecule has 1 aromatic rings. The zero-order valence-electron chi connectivity index (χ0n) is 13.7. The lowest BCUT2D eigenvalue weighted by molar-refractivity contribution is -0.136. The van der Waals surface area contributed by atoms with E-state index in [0.717, 1.165) is 25.9 Å². The van der Waals surface area contributed by atoms with Crippen LogP contribution in [0.2, 0.25) is 0 Å². The maximum atomic E-state index is 12.7. The Balaban J connectivity index is 2.04. The first-order valence-corrected chi connectivity index (χ1v) is 8.95. The molecule has 0 spiro atoms. The molecule has 1 heterocycles. The predicted octanol–water partition coefficient (Wildman–Crippen LogP) is 2.35. The Bertz CT molecular complexity index is 508.